The van der Waals surface area contributed by atoms with Crippen LogP contribution in [-0.4, -0.2) is 35.6 Å². The zero-order valence-electron chi connectivity index (χ0n) is 15.0. The second kappa shape index (κ2) is 8.87. The van der Waals surface area contributed by atoms with E-state index in [1.165, 1.54) is 32.4 Å². The van der Waals surface area contributed by atoms with Gasteiger partial charge >= 0.3 is 5.97 Å². The molecule has 5 nitrogen and oxygen atoms in total. The number of aromatic nitrogens is 2. The van der Waals surface area contributed by atoms with Gasteiger partial charge in [-0.2, -0.15) is 8.78 Å². The van der Waals surface area contributed by atoms with Gasteiger partial charge in [0.15, 0.2) is 0 Å². The first-order valence-electron chi connectivity index (χ1n) is 8.64. The van der Waals surface area contributed by atoms with Gasteiger partial charge in [-0.05, 0) is 32.3 Å². The molecule has 0 atom stereocenters. The van der Waals surface area contributed by atoms with Crippen molar-refractivity contribution in [1.82, 2.24) is 9.97 Å². The molecular weight excluding hydrogens is 328 g/mol. The molecule has 138 valence electrons. The highest BCUT2D eigenvalue weighted by atomic mass is 19.3. The van der Waals surface area contributed by atoms with E-state index in [1.54, 1.807) is 6.92 Å². The fourth-order valence-electron chi connectivity index (χ4n) is 2.93. The zero-order valence-corrected chi connectivity index (χ0v) is 15.0. The number of anilines is 1. The van der Waals surface area contributed by atoms with Crippen molar-refractivity contribution in [2.75, 3.05) is 18.6 Å². The summed E-state index contributed by atoms with van der Waals surface area (Å²) in [6, 6.07) is 0.427. The SMILES string of the molecule is CC(CCOC(=O)c1cnc(N(C)C2CCCCC2)nc1C)=C(F)F. The molecule has 0 N–H and O–H groups in total. The van der Waals surface area contributed by atoms with Gasteiger partial charge in [-0.3, -0.25) is 0 Å². The van der Waals surface area contributed by atoms with E-state index in [4.69, 9.17) is 4.74 Å². The number of hydrogen-bond acceptors (Lipinski definition) is 5. The number of hydrogen-bond donors (Lipinski definition) is 0. The molecule has 1 saturated carbocycles. The summed E-state index contributed by atoms with van der Waals surface area (Å²) in [5, 5.41) is 0. The predicted octanol–water partition coefficient (Wildman–Crippen LogP) is 4.27. The smallest absolute Gasteiger partial charge is 0.341 e. The van der Waals surface area contributed by atoms with Crippen LogP contribution in [-0.2, 0) is 4.74 Å². The summed E-state index contributed by atoms with van der Waals surface area (Å²) < 4.78 is 29.7. The molecule has 0 spiro atoms. The lowest BCUT2D eigenvalue weighted by molar-refractivity contribution is 0.0506. The molecule has 1 heterocycles. The summed E-state index contributed by atoms with van der Waals surface area (Å²) in [5.74, 6) is 0.00987. The quantitative estimate of drug-likeness (QED) is 0.715. The van der Waals surface area contributed by atoms with Crippen LogP contribution in [0.5, 0.6) is 0 Å². The van der Waals surface area contributed by atoms with Crippen molar-refractivity contribution in [3.8, 4) is 0 Å². The number of carbonyl (C=O) groups is 1. The van der Waals surface area contributed by atoms with Crippen LogP contribution in [0.25, 0.3) is 0 Å². The van der Waals surface area contributed by atoms with Crippen molar-refractivity contribution in [3.05, 3.63) is 29.1 Å². The van der Waals surface area contributed by atoms with Crippen LogP contribution in [0.3, 0.4) is 0 Å². The van der Waals surface area contributed by atoms with E-state index in [1.807, 2.05) is 7.05 Å². The highest BCUT2D eigenvalue weighted by molar-refractivity contribution is 5.90. The third kappa shape index (κ3) is 5.21. The molecule has 0 unspecified atom stereocenters. The Labute approximate surface area is 147 Å². The lowest BCUT2D eigenvalue weighted by Crippen LogP contribution is -2.34. The molecule has 1 aliphatic rings. The van der Waals surface area contributed by atoms with Crippen molar-refractivity contribution in [1.29, 1.82) is 0 Å². The number of esters is 1. The van der Waals surface area contributed by atoms with Crippen molar-refractivity contribution in [2.45, 2.75) is 58.4 Å². The van der Waals surface area contributed by atoms with E-state index < -0.39 is 12.0 Å². The molecule has 0 amide bonds. The summed E-state index contributed by atoms with van der Waals surface area (Å²) in [6.45, 7) is 2.95. The molecule has 0 bridgehead atoms. The summed E-state index contributed by atoms with van der Waals surface area (Å²) >= 11 is 0. The minimum atomic E-state index is -1.73. The van der Waals surface area contributed by atoms with E-state index in [-0.39, 0.29) is 24.2 Å². The Bertz CT molecular complexity index is 639. The summed E-state index contributed by atoms with van der Waals surface area (Å²) in [7, 11) is 1.98. The maximum atomic E-state index is 12.3. The normalized spacial score (nSPS) is 14.9. The molecule has 1 fully saturated rings. The highest BCUT2D eigenvalue weighted by Gasteiger charge is 2.21. The summed E-state index contributed by atoms with van der Waals surface area (Å²) in [4.78, 5) is 22.9. The first kappa shape index (κ1) is 19.3. The molecule has 0 aromatic carbocycles. The van der Waals surface area contributed by atoms with Gasteiger partial charge in [0.25, 0.3) is 6.08 Å². The molecule has 1 aromatic rings. The monoisotopic (exact) mass is 353 g/mol. The van der Waals surface area contributed by atoms with Gasteiger partial charge in [-0.1, -0.05) is 19.3 Å². The molecule has 7 heteroatoms. The second-order valence-electron chi connectivity index (χ2n) is 6.50. The number of rotatable bonds is 6. The summed E-state index contributed by atoms with van der Waals surface area (Å²) in [5.41, 5.74) is 0.718. The molecule has 0 radical (unpaired) electrons. The van der Waals surface area contributed by atoms with Crippen LogP contribution in [0.2, 0.25) is 0 Å². The summed E-state index contributed by atoms with van der Waals surface area (Å²) in [6.07, 6.45) is 5.69. The van der Waals surface area contributed by atoms with Gasteiger partial charge in [-0.25, -0.2) is 14.8 Å². The van der Waals surface area contributed by atoms with Crippen LogP contribution in [0, 0.1) is 6.92 Å². The fraction of sp³-hybridized carbons (Fsp3) is 0.611. The van der Waals surface area contributed by atoms with Crippen LogP contribution in [0.1, 0.15) is 61.5 Å². The van der Waals surface area contributed by atoms with Crippen LogP contribution < -0.4 is 4.90 Å². The lowest BCUT2D eigenvalue weighted by atomic mass is 9.95. The van der Waals surface area contributed by atoms with Gasteiger partial charge in [-0.15, -0.1) is 0 Å². The molecular formula is C18H25F2N3O2. The van der Waals surface area contributed by atoms with Gasteiger partial charge in [0.05, 0.1) is 17.9 Å². The highest BCUT2D eigenvalue weighted by Crippen LogP contribution is 2.24. The van der Waals surface area contributed by atoms with E-state index >= 15 is 0 Å². The fourth-order valence-corrected chi connectivity index (χ4v) is 2.93. The van der Waals surface area contributed by atoms with Gasteiger partial charge in [0.2, 0.25) is 5.95 Å². The Morgan fingerprint density at radius 2 is 2.00 bits per heavy atom. The maximum Gasteiger partial charge on any atom is 0.341 e. The topological polar surface area (TPSA) is 55.3 Å². The number of halogens is 2. The van der Waals surface area contributed by atoms with Crippen molar-refractivity contribution < 1.29 is 18.3 Å². The largest absolute Gasteiger partial charge is 0.462 e. The van der Waals surface area contributed by atoms with Crippen LogP contribution in [0.4, 0.5) is 14.7 Å². The second-order valence-corrected chi connectivity index (χ2v) is 6.50. The molecule has 2 rings (SSSR count). The Morgan fingerprint density at radius 1 is 1.32 bits per heavy atom. The van der Waals surface area contributed by atoms with Crippen molar-refractivity contribution in [2.24, 2.45) is 0 Å². The van der Waals surface area contributed by atoms with Gasteiger partial charge < -0.3 is 9.64 Å². The van der Waals surface area contributed by atoms with Gasteiger partial charge in [0.1, 0.15) is 0 Å². The Kier molecular flexibility index (Phi) is 6.84. The van der Waals surface area contributed by atoms with Gasteiger partial charge in [0, 0.05) is 25.7 Å². The maximum absolute atomic E-state index is 12.3. The average Bonchev–Trinajstić information content (AvgIpc) is 2.61. The molecule has 0 saturated heterocycles. The zero-order chi connectivity index (χ0) is 18.4. The number of carbonyl (C=O) groups excluding carboxylic acids is 1. The minimum absolute atomic E-state index is 0.0104. The number of aryl methyl sites for hydroxylation is 1. The minimum Gasteiger partial charge on any atom is -0.462 e. The average molecular weight is 353 g/mol. The third-order valence-electron chi connectivity index (χ3n) is 4.66. The van der Waals surface area contributed by atoms with E-state index in [0.29, 0.717) is 17.7 Å². The standard InChI is InChI=1S/C18H25F2N3O2/c1-12(16(19)20)9-10-25-17(24)15-11-21-18(22-13(15)2)23(3)14-7-5-4-6-8-14/h11,14H,4-10H2,1-3H3. The molecule has 25 heavy (non-hydrogen) atoms. The Morgan fingerprint density at radius 3 is 2.60 bits per heavy atom. The Hall–Kier alpha value is -2.05. The molecule has 0 aliphatic heterocycles. The van der Waals surface area contributed by atoms with Crippen molar-refractivity contribution in [3.63, 3.8) is 0 Å². The van der Waals surface area contributed by atoms with E-state index in [2.05, 4.69) is 14.9 Å². The first-order valence-corrected chi connectivity index (χ1v) is 8.64. The first-order chi connectivity index (χ1) is 11.9. The van der Waals surface area contributed by atoms with Crippen molar-refractivity contribution >= 4 is 11.9 Å². The van der Waals surface area contributed by atoms with E-state index in [0.717, 1.165) is 12.8 Å². The Balaban J connectivity index is 1.98. The molecule has 1 aliphatic carbocycles. The predicted molar refractivity (Wildman–Crippen MR) is 91.9 cm³/mol. The third-order valence-corrected chi connectivity index (χ3v) is 4.66. The lowest BCUT2D eigenvalue weighted by Gasteiger charge is -2.31. The van der Waals surface area contributed by atoms with Crippen LogP contribution in [0.15, 0.2) is 17.9 Å². The molecule has 1 aromatic heterocycles. The van der Waals surface area contributed by atoms with E-state index in [9.17, 15) is 13.6 Å². The number of nitrogens with zero attached hydrogens (tertiary/aromatic N) is 3. The van der Waals surface area contributed by atoms with Crippen LogP contribution >= 0.6 is 0 Å². The number of ether oxygens (including phenoxy) is 1.